The molecule has 32 heavy (non-hydrogen) atoms. The van der Waals surface area contributed by atoms with Gasteiger partial charge in [-0.15, -0.1) is 11.3 Å². The van der Waals surface area contributed by atoms with Crippen molar-refractivity contribution in [2.45, 2.75) is 58.9 Å². The molecular weight excluding hydrogens is 420 g/mol. The molecule has 0 unspecified atom stereocenters. The van der Waals surface area contributed by atoms with Crippen LogP contribution in [0.15, 0.2) is 41.8 Å². The zero-order chi connectivity index (χ0) is 22.8. The topological polar surface area (TPSA) is 67.2 Å². The SMILES string of the molecule is CCCN(CCC)C(=O)Cn1c(CCCCCNC(=O)c2cccs2)nc2ccccc21. The van der Waals surface area contributed by atoms with Crippen LogP contribution in [-0.4, -0.2) is 45.9 Å². The molecule has 172 valence electrons. The van der Waals surface area contributed by atoms with Crippen LogP contribution in [0, 0.1) is 0 Å². The third-order valence-corrected chi connectivity index (χ3v) is 6.34. The van der Waals surface area contributed by atoms with E-state index >= 15 is 0 Å². The van der Waals surface area contributed by atoms with E-state index in [0.717, 1.165) is 73.3 Å². The van der Waals surface area contributed by atoms with E-state index in [1.165, 1.54) is 11.3 Å². The lowest BCUT2D eigenvalue weighted by molar-refractivity contribution is -0.131. The fourth-order valence-corrected chi connectivity index (χ4v) is 4.55. The van der Waals surface area contributed by atoms with E-state index < -0.39 is 0 Å². The Morgan fingerprint density at radius 1 is 1.03 bits per heavy atom. The van der Waals surface area contributed by atoms with Gasteiger partial charge in [-0.1, -0.05) is 38.5 Å². The molecule has 2 heterocycles. The van der Waals surface area contributed by atoms with Crippen molar-refractivity contribution in [1.29, 1.82) is 0 Å². The van der Waals surface area contributed by atoms with E-state index in [2.05, 4.69) is 23.7 Å². The van der Waals surface area contributed by atoms with Crippen LogP contribution in [0.3, 0.4) is 0 Å². The van der Waals surface area contributed by atoms with Gasteiger partial charge in [-0.25, -0.2) is 4.98 Å². The number of para-hydroxylation sites is 2. The van der Waals surface area contributed by atoms with Gasteiger partial charge in [0.05, 0.1) is 15.9 Å². The molecule has 0 aliphatic carbocycles. The lowest BCUT2D eigenvalue weighted by Gasteiger charge is -2.22. The molecule has 1 N–H and O–H groups in total. The van der Waals surface area contributed by atoms with E-state index in [1.54, 1.807) is 0 Å². The molecule has 0 atom stereocenters. The van der Waals surface area contributed by atoms with E-state index in [9.17, 15) is 9.59 Å². The first-order chi connectivity index (χ1) is 15.6. The Morgan fingerprint density at radius 3 is 2.53 bits per heavy atom. The number of fused-ring (bicyclic) bond motifs is 1. The Labute approximate surface area is 194 Å². The van der Waals surface area contributed by atoms with Crippen LogP contribution < -0.4 is 5.32 Å². The number of thiophene rings is 1. The van der Waals surface area contributed by atoms with Gasteiger partial charge in [0.1, 0.15) is 12.4 Å². The summed E-state index contributed by atoms with van der Waals surface area (Å²) in [6.07, 6.45) is 5.65. The molecule has 2 amide bonds. The van der Waals surface area contributed by atoms with Crippen molar-refractivity contribution >= 4 is 34.2 Å². The number of aromatic nitrogens is 2. The van der Waals surface area contributed by atoms with Crippen LogP contribution in [0.2, 0.25) is 0 Å². The van der Waals surface area contributed by atoms with Crippen LogP contribution >= 0.6 is 11.3 Å². The summed E-state index contributed by atoms with van der Waals surface area (Å²) in [7, 11) is 0. The summed E-state index contributed by atoms with van der Waals surface area (Å²) in [6.45, 7) is 6.83. The molecule has 7 heteroatoms. The molecule has 1 aromatic carbocycles. The molecule has 0 aliphatic rings. The minimum absolute atomic E-state index is 0.00372. The molecule has 0 saturated heterocycles. The minimum Gasteiger partial charge on any atom is -0.351 e. The summed E-state index contributed by atoms with van der Waals surface area (Å²) in [4.78, 5) is 32.5. The Bertz CT molecular complexity index is 991. The second-order valence-electron chi connectivity index (χ2n) is 8.03. The number of aryl methyl sites for hydroxylation is 1. The molecule has 0 aliphatic heterocycles. The van der Waals surface area contributed by atoms with Crippen molar-refractivity contribution < 1.29 is 9.59 Å². The maximum absolute atomic E-state index is 13.0. The average Bonchev–Trinajstić information content (AvgIpc) is 3.45. The fraction of sp³-hybridized carbons (Fsp3) is 0.480. The van der Waals surface area contributed by atoms with Gasteiger partial charge < -0.3 is 14.8 Å². The molecule has 6 nitrogen and oxygen atoms in total. The smallest absolute Gasteiger partial charge is 0.261 e. The zero-order valence-corrected chi connectivity index (χ0v) is 20.0. The summed E-state index contributed by atoms with van der Waals surface area (Å²) < 4.78 is 2.09. The summed E-state index contributed by atoms with van der Waals surface area (Å²) >= 11 is 1.46. The molecule has 3 aromatic rings. The maximum Gasteiger partial charge on any atom is 0.261 e. The number of rotatable bonds is 13. The van der Waals surface area contributed by atoms with Crippen molar-refractivity contribution in [3.05, 3.63) is 52.5 Å². The highest BCUT2D eigenvalue weighted by atomic mass is 32.1. The highest BCUT2D eigenvalue weighted by Gasteiger charge is 2.17. The Morgan fingerprint density at radius 2 is 1.81 bits per heavy atom. The Hall–Kier alpha value is -2.67. The fourth-order valence-electron chi connectivity index (χ4n) is 3.91. The number of hydrogen-bond acceptors (Lipinski definition) is 4. The minimum atomic E-state index is 0.00372. The number of imidazole rings is 1. The van der Waals surface area contributed by atoms with Crippen LogP contribution in [-0.2, 0) is 17.8 Å². The normalized spacial score (nSPS) is 11.1. The Kier molecular flexibility index (Phi) is 9.28. The molecule has 0 fully saturated rings. The maximum atomic E-state index is 13.0. The molecule has 0 spiro atoms. The molecular formula is C25H34N4O2S. The summed E-state index contributed by atoms with van der Waals surface area (Å²) in [5.74, 6) is 1.13. The number of benzene rings is 1. The number of hydrogen-bond donors (Lipinski definition) is 1. The number of amides is 2. The molecule has 0 saturated carbocycles. The zero-order valence-electron chi connectivity index (χ0n) is 19.2. The number of carbonyl (C=O) groups excluding carboxylic acids is 2. The van der Waals surface area contributed by atoms with E-state index in [-0.39, 0.29) is 11.8 Å². The highest BCUT2D eigenvalue weighted by Crippen LogP contribution is 2.18. The largest absolute Gasteiger partial charge is 0.351 e. The first-order valence-electron chi connectivity index (χ1n) is 11.7. The highest BCUT2D eigenvalue weighted by molar-refractivity contribution is 7.12. The first kappa shape index (κ1) is 24.0. The number of nitrogens with one attached hydrogen (secondary N) is 1. The summed E-state index contributed by atoms with van der Waals surface area (Å²) in [6, 6.07) is 11.8. The van der Waals surface area contributed by atoms with Crippen molar-refractivity contribution in [2.24, 2.45) is 0 Å². The summed E-state index contributed by atoms with van der Waals surface area (Å²) in [5, 5.41) is 4.89. The number of unbranched alkanes of at least 4 members (excludes halogenated alkanes) is 2. The number of carbonyl (C=O) groups is 2. The van der Waals surface area contributed by atoms with E-state index in [0.29, 0.717) is 13.1 Å². The van der Waals surface area contributed by atoms with Gasteiger partial charge in [0.2, 0.25) is 5.91 Å². The van der Waals surface area contributed by atoms with Crippen molar-refractivity contribution in [1.82, 2.24) is 19.8 Å². The third kappa shape index (κ3) is 6.42. The molecule has 3 rings (SSSR count). The van der Waals surface area contributed by atoms with Crippen LogP contribution in [0.25, 0.3) is 11.0 Å². The van der Waals surface area contributed by atoms with Gasteiger partial charge in [-0.2, -0.15) is 0 Å². The van der Waals surface area contributed by atoms with Crippen molar-refractivity contribution in [3.63, 3.8) is 0 Å². The van der Waals surface area contributed by atoms with Gasteiger partial charge in [-0.3, -0.25) is 9.59 Å². The number of nitrogens with zero attached hydrogens (tertiary/aromatic N) is 3. The molecule has 0 radical (unpaired) electrons. The third-order valence-electron chi connectivity index (χ3n) is 5.47. The van der Waals surface area contributed by atoms with Crippen molar-refractivity contribution in [3.8, 4) is 0 Å². The van der Waals surface area contributed by atoms with Crippen LogP contribution in [0.5, 0.6) is 0 Å². The van der Waals surface area contributed by atoms with Gasteiger partial charge in [0, 0.05) is 26.1 Å². The first-order valence-corrected chi connectivity index (χ1v) is 12.6. The van der Waals surface area contributed by atoms with Gasteiger partial charge >= 0.3 is 0 Å². The second kappa shape index (κ2) is 12.4. The van der Waals surface area contributed by atoms with E-state index in [4.69, 9.17) is 4.98 Å². The van der Waals surface area contributed by atoms with Crippen molar-refractivity contribution in [2.75, 3.05) is 19.6 Å². The predicted molar refractivity (Wildman–Crippen MR) is 131 cm³/mol. The average molecular weight is 455 g/mol. The van der Waals surface area contributed by atoms with Gasteiger partial charge in [-0.05, 0) is 49.3 Å². The second-order valence-corrected chi connectivity index (χ2v) is 8.98. The summed E-state index contributed by atoms with van der Waals surface area (Å²) in [5.41, 5.74) is 1.96. The van der Waals surface area contributed by atoms with Crippen LogP contribution in [0.1, 0.15) is 61.4 Å². The van der Waals surface area contributed by atoms with E-state index in [1.807, 2.05) is 46.7 Å². The van der Waals surface area contributed by atoms with Crippen LogP contribution in [0.4, 0.5) is 0 Å². The lowest BCUT2D eigenvalue weighted by Crippen LogP contribution is -2.35. The van der Waals surface area contributed by atoms with Gasteiger partial charge in [0.25, 0.3) is 5.91 Å². The molecule has 2 aromatic heterocycles. The Balaban J connectivity index is 1.56. The predicted octanol–water partition coefficient (Wildman–Crippen LogP) is 4.89. The molecule has 0 bridgehead atoms. The quantitative estimate of drug-likeness (QED) is 0.374. The monoisotopic (exact) mass is 454 g/mol. The van der Waals surface area contributed by atoms with Gasteiger partial charge in [0.15, 0.2) is 0 Å². The standard InChI is InChI=1S/C25H34N4O2S/c1-3-16-28(17-4-2)24(30)19-29-21-12-8-7-11-20(21)27-23(29)14-6-5-9-15-26-25(31)22-13-10-18-32-22/h7-8,10-13,18H,3-6,9,14-17,19H2,1-2H3,(H,26,31). The lowest BCUT2D eigenvalue weighted by atomic mass is 10.2.